The van der Waals surface area contributed by atoms with Gasteiger partial charge in [0.1, 0.15) is 0 Å². The normalized spacial score (nSPS) is 19.8. The molecule has 1 saturated carbocycles. The molecule has 1 aliphatic rings. The molecule has 5 heteroatoms. The molecule has 0 aliphatic heterocycles. The number of nitrogens with two attached hydrogens (primary N) is 1. The van der Waals surface area contributed by atoms with E-state index in [1.165, 1.54) is 0 Å². The second-order valence-corrected chi connectivity index (χ2v) is 7.95. The molecule has 0 heterocycles. The van der Waals surface area contributed by atoms with Crippen molar-refractivity contribution in [2.75, 3.05) is 12.3 Å². The van der Waals surface area contributed by atoms with Crippen LogP contribution in [0.2, 0.25) is 0 Å². The van der Waals surface area contributed by atoms with Crippen LogP contribution in [-0.4, -0.2) is 26.8 Å². The van der Waals surface area contributed by atoms with Crippen LogP contribution in [-0.2, 0) is 10.0 Å². The SMILES string of the molecule is CC(C)(C)CC(N)CNS(=O)(=O)CC1CC1. The third-order valence-corrected chi connectivity index (χ3v) is 4.11. The number of rotatable bonds is 6. The van der Waals surface area contributed by atoms with E-state index < -0.39 is 10.0 Å². The Morgan fingerprint density at radius 1 is 1.38 bits per heavy atom. The van der Waals surface area contributed by atoms with Crippen LogP contribution in [0.4, 0.5) is 0 Å². The largest absolute Gasteiger partial charge is 0.326 e. The molecular weight excluding hydrogens is 224 g/mol. The monoisotopic (exact) mass is 248 g/mol. The van der Waals surface area contributed by atoms with Crippen molar-refractivity contribution < 1.29 is 8.42 Å². The molecule has 0 saturated heterocycles. The number of hydrogen-bond donors (Lipinski definition) is 2. The molecule has 0 bridgehead atoms. The zero-order chi connectivity index (χ0) is 12.4. The average molecular weight is 248 g/mol. The van der Waals surface area contributed by atoms with Gasteiger partial charge in [-0.25, -0.2) is 13.1 Å². The summed E-state index contributed by atoms with van der Waals surface area (Å²) in [7, 11) is -3.10. The zero-order valence-corrected chi connectivity index (χ0v) is 11.3. The summed E-state index contributed by atoms with van der Waals surface area (Å²) in [5.41, 5.74) is 6.03. The summed E-state index contributed by atoms with van der Waals surface area (Å²) in [6, 6.07) is -0.103. The molecule has 0 spiro atoms. The molecule has 1 atom stereocenters. The van der Waals surface area contributed by atoms with Gasteiger partial charge in [-0.3, -0.25) is 0 Å². The van der Waals surface area contributed by atoms with Crippen LogP contribution in [0.5, 0.6) is 0 Å². The van der Waals surface area contributed by atoms with E-state index in [1.54, 1.807) is 0 Å². The minimum atomic E-state index is -3.10. The van der Waals surface area contributed by atoms with Crippen molar-refractivity contribution in [2.45, 2.75) is 46.1 Å². The summed E-state index contributed by atoms with van der Waals surface area (Å²) in [4.78, 5) is 0. The Balaban J connectivity index is 2.27. The maximum absolute atomic E-state index is 11.6. The van der Waals surface area contributed by atoms with Gasteiger partial charge in [0.2, 0.25) is 10.0 Å². The second-order valence-electron chi connectivity index (χ2n) is 6.10. The summed E-state index contributed by atoms with van der Waals surface area (Å²) >= 11 is 0. The molecule has 3 N–H and O–H groups in total. The van der Waals surface area contributed by atoms with Crippen molar-refractivity contribution in [1.82, 2.24) is 4.72 Å². The molecule has 0 amide bonds. The van der Waals surface area contributed by atoms with Gasteiger partial charge in [-0.15, -0.1) is 0 Å². The molecule has 1 unspecified atom stereocenters. The van der Waals surface area contributed by atoms with Gasteiger partial charge in [-0.05, 0) is 30.6 Å². The van der Waals surface area contributed by atoms with Gasteiger partial charge in [-0.2, -0.15) is 0 Å². The molecule has 4 nitrogen and oxygen atoms in total. The summed E-state index contributed by atoms with van der Waals surface area (Å²) in [6.45, 7) is 6.66. The lowest BCUT2D eigenvalue weighted by molar-refractivity contribution is 0.338. The second kappa shape index (κ2) is 5.02. The van der Waals surface area contributed by atoms with E-state index >= 15 is 0 Å². The lowest BCUT2D eigenvalue weighted by Crippen LogP contribution is -2.40. The van der Waals surface area contributed by atoms with Gasteiger partial charge in [0.05, 0.1) is 5.75 Å². The number of nitrogens with one attached hydrogen (secondary N) is 1. The van der Waals surface area contributed by atoms with Gasteiger partial charge >= 0.3 is 0 Å². The van der Waals surface area contributed by atoms with E-state index in [-0.39, 0.29) is 17.2 Å². The Morgan fingerprint density at radius 2 is 1.94 bits per heavy atom. The third-order valence-electron chi connectivity index (χ3n) is 2.59. The van der Waals surface area contributed by atoms with Crippen LogP contribution >= 0.6 is 0 Å². The maximum Gasteiger partial charge on any atom is 0.211 e. The van der Waals surface area contributed by atoms with E-state index in [0.717, 1.165) is 19.3 Å². The minimum Gasteiger partial charge on any atom is -0.326 e. The topological polar surface area (TPSA) is 72.2 Å². The predicted molar refractivity (Wildman–Crippen MR) is 66.6 cm³/mol. The molecule has 1 fully saturated rings. The van der Waals surface area contributed by atoms with Gasteiger partial charge in [-0.1, -0.05) is 20.8 Å². The third kappa shape index (κ3) is 6.45. The maximum atomic E-state index is 11.6. The molecule has 1 aliphatic carbocycles. The van der Waals surface area contributed by atoms with E-state index in [4.69, 9.17) is 5.73 Å². The first-order valence-corrected chi connectivity index (χ1v) is 7.56. The smallest absolute Gasteiger partial charge is 0.211 e. The van der Waals surface area contributed by atoms with E-state index in [2.05, 4.69) is 25.5 Å². The summed E-state index contributed by atoms with van der Waals surface area (Å²) in [5, 5.41) is 0. The van der Waals surface area contributed by atoms with E-state index in [0.29, 0.717) is 12.5 Å². The summed E-state index contributed by atoms with van der Waals surface area (Å²) in [6.07, 6.45) is 2.92. The van der Waals surface area contributed by atoms with Crippen LogP contribution in [0.1, 0.15) is 40.0 Å². The molecule has 0 aromatic rings. The molecule has 0 aromatic carbocycles. The van der Waals surface area contributed by atoms with Gasteiger partial charge in [0.25, 0.3) is 0 Å². The van der Waals surface area contributed by atoms with Crippen LogP contribution in [0.25, 0.3) is 0 Å². The van der Waals surface area contributed by atoms with E-state index in [9.17, 15) is 8.42 Å². The van der Waals surface area contributed by atoms with Crippen molar-refractivity contribution in [1.29, 1.82) is 0 Å². The van der Waals surface area contributed by atoms with Crippen molar-refractivity contribution in [2.24, 2.45) is 17.1 Å². The first-order valence-electron chi connectivity index (χ1n) is 5.91. The number of sulfonamides is 1. The molecule has 16 heavy (non-hydrogen) atoms. The van der Waals surface area contributed by atoms with Gasteiger partial charge in [0.15, 0.2) is 0 Å². The molecule has 0 aromatic heterocycles. The molecule has 0 radical (unpaired) electrons. The number of hydrogen-bond acceptors (Lipinski definition) is 3. The highest BCUT2D eigenvalue weighted by Crippen LogP contribution is 2.29. The Labute approximate surface area is 99.0 Å². The van der Waals surface area contributed by atoms with E-state index in [1.807, 2.05) is 0 Å². The highest BCUT2D eigenvalue weighted by molar-refractivity contribution is 7.89. The zero-order valence-electron chi connectivity index (χ0n) is 10.5. The van der Waals surface area contributed by atoms with Gasteiger partial charge in [0, 0.05) is 12.6 Å². The quantitative estimate of drug-likeness (QED) is 0.739. The predicted octanol–water partition coefficient (Wildman–Crippen LogP) is 1.08. The molecular formula is C11H24N2O2S. The molecule has 1 rings (SSSR count). The fourth-order valence-corrected chi connectivity index (χ4v) is 3.29. The van der Waals surface area contributed by atoms with Crippen molar-refractivity contribution >= 4 is 10.0 Å². The lowest BCUT2D eigenvalue weighted by atomic mass is 9.88. The Kier molecular flexibility index (Phi) is 4.37. The van der Waals surface area contributed by atoms with Crippen LogP contribution in [0, 0.1) is 11.3 Å². The highest BCUT2D eigenvalue weighted by Gasteiger charge is 2.28. The van der Waals surface area contributed by atoms with Gasteiger partial charge < -0.3 is 5.73 Å². The highest BCUT2D eigenvalue weighted by atomic mass is 32.2. The van der Waals surface area contributed by atoms with Crippen molar-refractivity contribution in [3.8, 4) is 0 Å². The summed E-state index contributed by atoms with van der Waals surface area (Å²) in [5.74, 6) is 0.659. The Bertz CT molecular complexity index is 315. The summed E-state index contributed by atoms with van der Waals surface area (Å²) < 4.78 is 25.8. The minimum absolute atomic E-state index is 0.103. The van der Waals surface area contributed by atoms with Crippen molar-refractivity contribution in [3.05, 3.63) is 0 Å². The molecule has 96 valence electrons. The first kappa shape index (κ1) is 13.9. The standard InChI is InChI=1S/C11H24N2O2S/c1-11(2,3)6-10(12)7-13-16(14,15)8-9-4-5-9/h9-10,13H,4-8,12H2,1-3H3. The lowest BCUT2D eigenvalue weighted by Gasteiger charge is -2.23. The fourth-order valence-electron chi connectivity index (χ4n) is 1.75. The fraction of sp³-hybridized carbons (Fsp3) is 1.00. The average Bonchev–Trinajstić information content (AvgIpc) is 2.81. The Hall–Kier alpha value is -0.130. The first-order chi connectivity index (χ1) is 7.18. The van der Waals surface area contributed by atoms with Crippen LogP contribution in [0.3, 0.4) is 0 Å². The van der Waals surface area contributed by atoms with Crippen LogP contribution < -0.4 is 10.5 Å². The van der Waals surface area contributed by atoms with Crippen LogP contribution in [0.15, 0.2) is 0 Å². The Morgan fingerprint density at radius 3 is 2.38 bits per heavy atom. The van der Waals surface area contributed by atoms with Crippen molar-refractivity contribution in [3.63, 3.8) is 0 Å².